The molecule has 1 aliphatic rings. The van der Waals surface area contributed by atoms with Crippen LogP contribution in [0.25, 0.3) is 0 Å². The average molecular weight is 321 g/mol. The lowest BCUT2D eigenvalue weighted by Crippen LogP contribution is -2.58. The van der Waals surface area contributed by atoms with Crippen molar-refractivity contribution in [2.24, 2.45) is 0 Å². The van der Waals surface area contributed by atoms with Gasteiger partial charge in [-0.15, -0.1) is 0 Å². The molecule has 23 heavy (non-hydrogen) atoms. The number of hydrogen-bond donors (Lipinski definition) is 1. The number of carbonyl (C=O) groups is 2. The Morgan fingerprint density at radius 2 is 1.87 bits per heavy atom. The van der Waals surface area contributed by atoms with Gasteiger partial charge < -0.3 is 14.8 Å². The van der Waals surface area contributed by atoms with Crippen molar-refractivity contribution >= 4 is 12.1 Å². The number of aryl methyl sites for hydroxylation is 1. The zero-order valence-corrected chi connectivity index (χ0v) is 14.2. The highest BCUT2D eigenvalue weighted by molar-refractivity contribution is 5.86. The van der Waals surface area contributed by atoms with Crippen LogP contribution in [0.5, 0.6) is 0 Å². The highest BCUT2D eigenvalue weighted by Gasteiger charge is 2.40. The minimum Gasteiger partial charge on any atom is -0.458 e. The topological polar surface area (TPSA) is 64.6 Å². The zero-order valence-electron chi connectivity index (χ0n) is 14.2. The fraction of sp³-hybridized carbons (Fsp3) is 0.556. The smallest absolute Gasteiger partial charge is 0.407 e. The maximum atomic E-state index is 11.5. The number of alkyl carbamates (subject to hydrolysis) is 1. The maximum Gasteiger partial charge on any atom is 0.407 e. The van der Waals surface area contributed by atoms with Gasteiger partial charge in [0.1, 0.15) is 6.10 Å². The molecule has 5 nitrogen and oxygen atoms in total. The Hall–Kier alpha value is -2.04. The van der Waals surface area contributed by atoms with E-state index in [9.17, 15) is 9.59 Å². The van der Waals surface area contributed by atoms with Gasteiger partial charge in [-0.2, -0.15) is 0 Å². The Labute approximate surface area is 138 Å². The molecule has 2 unspecified atom stereocenters. The highest BCUT2D eigenvalue weighted by atomic mass is 16.6. The van der Waals surface area contributed by atoms with E-state index in [0.717, 1.165) is 25.7 Å². The van der Waals surface area contributed by atoms with Crippen molar-refractivity contribution in [3.63, 3.8) is 0 Å². The van der Waals surface area contributed by atoms with Crippen LogP contribution in [0.15, 0.2) is 30.3 Å². The van der Waals surface area contributed by atoms with E-state index in [4.69, 9.17) is 9.47 Å². The van der Waals surface area contributed by atoms with Gasteiger partial charge in [0.05, 0.1) is 6.61 Å². The number of unbranched alkanes of at least 4 members (excludes halogenated alkanes) is 2. The van der Waals surface area contributed by atoms with Crippen LogP contribution in [-0.4, -0.2) is 30.8 Å². The Balaban J connectivity index is 0.00000127. The van der Waals surface area contributed by atoms with E-state index in [1.165, 1.54) is 5.56 Å². The summed E-state index contributed by atoms with van der Waals surface area (Å²) >= 11 is 0. The van der Waals surface area contributed by atoms with Gasteiger partial charge in [-0.1, -0.05) is 44.2 Å². The summed E-state index contributed by atoms with van der Waals surface area (Å²) in [6.45, 7) is 6.10. The molecule has 0 aliphatic carbocycles. The molecule has 1 aliphatic heterocycles. The molecule has 0 bridgehead atoms. The predicted molar refractivity (Wildman–Crippen MR) is 89.2 cm³/mol. The normalized spacial score (nSPS) is 18.8. The standard InChI is InChI=1S/C16H21NO4.C2H6/c1-12-14(15(18)21-12)17-16(19)20-11-7-3-6-10-13-8-4-2-5-9-13;1-2/h2,4-5,8-9,12,14H,3,6-7,10-11H2,1H3,(H,17,19);1-2H3. The first-order valence-corrected chi connectivity index (χ1v) is 8.34. The van der Waals surface area contributed by atoms with E-state index < -0.39 is 18.1 Å². The first-order chi connectivity index (χ1) is 11.2. The van der Waals surface area contributed by atoms with Gasteiger partial charge in [-0.3, -0.25) is 0 Å². The molecule has 1 N–H and O–H groups in total. The van der Waals surface area contributed by atoms with Crippen LogP contribution in [0.2, 0.25) is 0 Å². The Morgan fingerprint density at radius 1 is 1.17 bits per heavy atom. The third-order valence-corrected chi connectivity index (χ3v) is 3.48. The van der Waals surface area contributed by atoms with Gasteiger partial charge in [0, 0.05) is 0 Å². The lowest BCUT2D eigenvalue weighted by molar-refractivity contribution is -0.174. The van der Waals surface area contributed by atoms with Crippen molar-refractivity contribution < 1.29 is 19.1 Å². The number of rotatable bonds is 7. The number of esters is 1. The first kappa shape index (κ1) is 19.0. The van der Waals surface area contributed by atoms with E-state index in [1.807, 2.05) is 32.0 Å². The Bertz CT molecular complexity index is 475. The van der Waals surface area contributed by atoms with Crippen molar-refractivity contribution in [3.8, 4) is 0 Å². The quantitative estimate of drug-likeness (QED) is 0.617. The van der Waals surface area contributed by atoms with E-state index >= 15 is 0 Å². The number of amides is 1. The van der Waals surface area contributed by atoms with Crippen molar-refractivity contribution in [1.29, 1.82) is 0 Å². The molecule has 0 radical (unpaired) electrons. The number of benzene rings is 1. The molecule has 0 saturated carbocycles. The summed E-state index contributed by atoms with van der Waals surface area (Å²) in [5.41, 5.74) is 1.33. The third kappa shape index (κ3) is 6.72. The largest absolute Gasteiger partial charge is 0.458 e. The summed E-state index contributed by atoms with van der Waals surface area (Å²) in [5.74, 6) is -0.401. The number of carbonyl (C=O) groups excluding carboxylic acids is 2. The molecule has 2 atom stereocenters. The monoisotopic (exact) mass is 321 g/mol. The van der Waals surface area contributed by atoms with Crippen molar-refractivity contribution in [2.45, 2.75) is 58.6 Å². The summed E-state index contributed by atoms with van der Waals surface area (Å²) in [5, 5.41) is 2.50. The van der Waals surface area contributed by atoms with Gasteiger partial charge in [0.15, 0.2) is 6.04 Å². The fourth-order valence-corrected chi connectivity index (χ4v) is 2.21. The van der Waals surface area contributed by atoms with Gasteiger partial charge >= 0.3 is 12.1 Å². The van der Waals surface area contributed by atoms with Crippen LogP contribution in [0.3, 0.4) is 0 Å². The Morgan fingerprint density at radius 3 is 2.48 bits per heavy atom. The number of ether oxygens (including phenoxy) is 2. The van der Waals surface area contributed by atoms with E-state index in [1.54, 1.807) is 6.92 Å². The summed E-state index contributed by atoms with van der Waals surface area (Å²) in [4.78, 5) is 22.5. The molecule has 1 aromatic carbocycles. The van der Waals surface area contributed by atoms with Crippen LogP contribution in [0.1, 0.15) is 45.6 Å². The summed E-state index contributed by atoms with van der Waals surface area (Å²) in [6, 6.07) is 9.75. The maximum absolute atomic E-state index is 11.5. The minimum absolute atomic E-state index is 0.268. The Kier molecular flexibility index (Phi) is 8.80. The van der Waals surface area contributed by atoms with Gasteiger partial charge in [-0.25, -0.2) is 9.59 Å². The van der Waals surface area contributed by atoms with Crippen LogP contribution >= 0.6 is 0 Å². The van der Waals surface area contributed by atoms with Crippen molar-refractivity contribution in [2.75, 3.05) is 6.61 Å². The molecule has 1 amide bonds. The summed E-state index contributed by atoms with van der Waals surface area (Å²) in [7, 11) is 0. The minimum atomic E-state index is -0.560. The van der Waals surface area contributed by atoms with Gasteiger partial charge in [-0.05, 0) is 38.2 Å². The number of hydrogen-bond acceptors (Lipinski definition) is 4. The summed E-state index contributed by atoms with van der Waals surface area (Å²) in [6.07, 6.45) is 3.12. The van der Waals surface area contributed by atoms with E-state index in [0.29, 0.717) is 6.61 Å². The molecule has 128 valence electrons. The molecule has 1 fully saturated rings. The molecular weight excluding hydrogens is 294 g/mol. The highest BCUT2D eigenvalue weighted by Crippen LogP contribution is 2.13. The number of cyclic esters (lactones) is 1. The second kappa shape index (κ2) is 10.6. The first-order valence-electron chi connectivity index (χ1n) is 8.34. The van der Waals surface area contributed by atoms with Crippen LogP contribution in [-0.2, 0) is 20.7 Å². The van der Waals surface area contributed by atoms with Crippen LogP contribution in [0.4, 0.5) is 4.79 Å². The SMILES string of the molecule is CC.CC1OC(=O)C1NC(=O)OCCCCCc1ccccc1. The van der Waals surface area contributed by atoms with Crippen molar-refractivity contribution in [1.82, 2.24) is 5.32 Å². The third-order valence-electron chi connectivity index (χ3n) is 3.48. The van der Waals surface area contributed by atoms with Crippen LogP contribution < -0.4 is 5.32 Å². The molecule has 1 heterocycles. The lowest BCUT2D eigenvalue weighted by atomic mass is 10.1. The van der Waals surface area contributed by atoms with E-state index in [-0.39, 0.29) is 6.10 Å². The second-order valence-electron chi connectivity index (χ2n) is 5.20. The summed E-state index contributed by atoms with van der Waals surface area (Å²) < 4.78 is 9.78. The molecule has 0 aromatic heterocycles. The lowest BCUT2D eigenvalue weighted by Gasteiger charge is -2.32. The van der Waals surface area contributed by atoms with Gasteiger partial charge in [0.25, 0.3) is 0 Å². The molecule has 5 heteroatoms. The molecule has 1 saturated heterocycles. The number of nitrogens with one attached hydrogen (secondary N) is 1. The van der Waals surface area contributed by atoms with Crippen LogP contribution in [0, 0.1) is 0 Å². The molecular formula is C18H27NO4. The fourth-order valence-electron chi connectivity index (χ4n) is 2.21. The zero-order chi connectivity index (χ0) is 17.1. The molecule has 2 rings (SSSR count). The van der Waals surface area contributed by atoms with Gasteiger partial charge in [0.2, 0.25) is 0 Å². The second-order valence-corrected chi connectivity index (χ2v) is 5.20. The van der Waals surface area contributed by atoms with E-state index in [2.05, 4.69) is 17.4 Å². The van der Waals surface area contributed by atoms with Crippen molar-refractivity contribution in [3.05, 3.63) is 35.9 Å². The average Bonchev–Trinajstić information content (AvgIpc) is 2.59. The molecule has 1 aromatic rings. The molecule has 0 spiro atoms. The predicted octanol–water partition coefficient (Wildman–Crippen LogP) is 3.47.